The predicted octanol–water partition coefficient (Wildman–Crippen LogP) is 3.15. The number of likely N-dealkylation sites (N-methyl/N-ethyl adjacent to an activating group) is 1. The molecule has 0 spiro atoms. The van der Waals surface area contributed by atoms with Gasteiger partial charge in [0.15, 0.2) is 0 Å². The Morgan fingerprint density at radius 2 is 2.00 bits per heavy atom. The van der Waals surface area contributed by atoms with Crippen LogP contribution in [-0.4, -0.2) is 34.8 Å². The summed E-state index contributed by atoms with van der Waals surface area (Å²) >= 11 is 1.10. The van der Waals surface area contributed by atoms with E-state index in [9.17, 15) is 14.9 Å². The van der Waals surface area contributed by atoms with Crippen LogP contribution in [0.5, 0.6) is 11.5 Å². The fourth-order valence-electron chi connectivity index (χ4n) is 1.95. The summed E-state index contributed by atoms with van der Waals surface area (Å²) in [5.41, 5.74) is -0.174. The minimum absolute atomic E-state index is 0.118. The van der Waals surface area contributed by atoms with Crippen molar-refractivity contribution in [3.8, 4) is 11.5 Å². The van der Waals surface area contributed by atoms with E-state index in [1.165, 1.54) is 13.1 Å². The van der Waals surface area contributed by atoms with Crippen molar-refractivity contribution < 1.29 is 19.6 Å². The van der Waals surface area contributed by atoms with Gasteiger partial charge in [0.1, 0.15) is 11.8 Å². The molecule has 1 atom stereocenters. The third-order valence-corrected chi connectivity index (χ3v) is 4.31. The molecule has 0 unspecified atom stereocenters. The van der Waals surface area contributed by atoms with Crippen molar-refractivity contribution in [1.82, 2.24) is 5.32 Å². The van der Waals surface area contributed by atoms with Gasteiger partial charge in [0.25, 0.3) is 0 Å². The lowest BCUT2D eigenvalue weighted by atomic mass is 10.3. The molecule has 0 fully saturated rings. The lowest BCUT2D eigenvalue weighted by Crippen LogP contribution is -2.35. The van der Waals surface area contributed by atoms with E-state index >= 15 is 0 Å². The number of rotatable bonds is 8. The number of aliphatic carboxylic acids is 1. The van der Waals surface area contributed by atoms with E-state index in [1.807, 2.05) is 6.07 Å². The number of ether oxygens (including phenoxy) is 1. The third kappa shape index (κ3) is 4.46. The molecule has 0 radical (unpaired) electrons. The number of hydrogen-bond donors (Lipinski definition) is 2. The summed E-state index contributed by atoms with van der Waals surface area (Å²) in [5.74, 6) is -0.250. The standard InChI is InChI=1S/C16H16N2O5S/c1-17-12(16(19)20)10-24-14-9-5-8-13(15(14)18(21)22)23-11-6-3-2-4-7-11/h2-9,12,17H,10H2,1H3,(H,19,20)/t12-/m0/s1. The van der Waals surface area contributed by atoms with Crippen molar-refractivity contribution in [1.29, 1.82) is 0 Å². The second-order valence-corrected chi connectivity index (χ2v) is 5.83. The Balaban J connectivity index is 2.27. The molecule has 0 bridgehead atoms. The molecule has 7 nitrogen and oxygen atoms in total. The zero-order valence-electron chi connectivity index (χ0n) is 12.8. The second-order valence-electron chi connectivity index (χ2n) is 4.77. The van der Waals surface area contributed by atoms with E-state index in [4.69, 9.17) is 9.84 Å². The van der Waals surface area contributed by atoms with Gasteiger partial charge < -0.3 is 15.2 Å². The molecule has 0 saturated heterocycles. The van der Waals surface area contributed by atoms with Crippen molar-refractivity contribution in [3.05, 3.63) is 58.6 Å². The summed E-state index contributed by atoms with van der Waals surface area (Å²) in [7, 11) is 1.53. The number of benzene rings is 2. The molecule has 0 aliphatic rings. The van der Waals surface area contributed by atoms with Crippen LogP contribution >= 0.6 is 11.8 Å². The van der Waals surface area contributed by atoms with Crippen molar-refractivity contribution in [3.63, 3.8) is 0 Å². The van der Waals surface area contributed by atoms with Crippen LogP contribution in [0.3, 0.4) is 0 Å². The van der Waals surface area contributed by atoms with Crippen LogP contribution in [0.1, 0.15) is 0 Å². The topological polar surface area (TPSA) is 102 Å². The quantitative estimate of drug-likeness (QED) is 0.429. The number of hydrogen-bond acceptors (Lipinski definition) is 6. The van der Waals surface area contributed by atoms with Gasteiger partial charge in [-0.1, -0.05) is 24.3 Å². The molecule has 0 amide bonds. The first-order chi connectivity index (χ1) is 11.5. The van der Waals surface area contributed by atoms with Crippen LogP contribution in [-0.2, 0) is 4.79 Å². The summed E-state index contributed by atoms with van der Waals surface area (Å²) in [6, 6.07) is 12.7. The van der Waals surface area contributed by atoms with Gasteiger partial charge >= 0.3 is 11.7 Å². The number of nitro benzene ring substituents is 1. The molecular formula is C16H16N2O5S. The molecule has 2 aromatic rings. The van der Waals surface area contributed by atoms with Gasteiger partial charge in [0.2, 0.25) is 5.75 Å². The van der Waals surface area contributed by atoms with Gasteiger partial charge in [-0.25, -0.2) is 0 Å². The van der Waals surface area contributed by atoms with Crippen molar-refractivity contribution in [2.45, 2.75) is 10.9 Å². The number of carbonyl (C=O) groups is 1. The lowest BCUT2D eigenvalue weighted by Gasteiger charge is -2.12. The van der Waals surface area contributed by atoms with E-state index < -0.39 is 16.9 Å². The third-order valence-electron chi connectivity index (χ3n) is 3.17. The highest BCUT2D eigenvalue weighted by Gasteiger charge is 2.24. The van der Waals surface area contributed by atoms with Gasteiger partial charge in [0.05, 0.1) is 9.82 Å². The maximum Gasteiger partial charge on any atom is 0.324 e. The Hall–Kier alpha value is -2.58. The zero-order chi connectivity index (χ0) is 17.5. The summed E-state index contributed by atoms with van der Waals surface area (Å²) < 4.78 is 5.61. The fourth-order valence-corrected chi connectivity index (χ4v) is 3.09. The molecular weight excluding hydrogens is 332 g/mol. The van der Waals surface area contributed by atoms with Crippen molar-refractivity contribution >= 4 is 23.4 Å². The Morgan fingerprint density at radius 3 is 2.58 bits per heavy atom. The summed E-state index contributed by atoms with van der Waals surface area (Å²) in [4.78, 5) is 22.3. The van der Waals surface area contributed by atoms with Crippen LogP contribution in [0.4, 0.5) is 5.69 Å². The number of nitrogens with zero attached hydrogens (tertiary/aromatic N) is 1. The van der Waals surface area contributed by atoms with Crippen molar-refractivity contribution in [2.24, 2.45) is 0 Å². The first-order valence-corrected chi connectivity index (χ1v) is 8.04. The Morgan fingerprint density at radius 1 is 1.29 bits per heavy atom. The smallest absolute Gasteiger partial charge is 0.324 e. The van der Waals surface area contributed by atoms with E-state index in [0.29, 0.717) is 10.6 Å². The number of thioether (sulfide) groups is 1. The molecule has 0 saturated carbocycles. The Bertz CT molecular complexity index is 724. The molecule has 0 aromatic heterocycles. The molecule has 2 rings (SSSR count). The molecule has 0 aliphatic heterocycles. The molecule has 2 N–H and O–H groups in total. The van der Waals surface area contributed by atoms with Gasteiger partial charge in [-0.05, 0) is 31.3 Å². The van der Waals surface area contributed by atoms with Gasteiger partial charge in [-0.3, -0.25) is 14.9 Å². The van der Waals surface area contributed by atoms with Crippen LogP contribution in [0.15, 0.2) is 53.4 Å². The highest BCUT2D eigenvalue weighted by Crippen LogP contribution is 2.39. The lowest BCUT2D eigenvalue weighted by molar-refractivity contribution is -0.388. The number of nitrogens with one attached hydrogen (secondary N) is 1. The number of para-hydroxylation sites is 2. The molecule has 24 heavy (non-hydrogen) atoms. The normalized spacial score (nSPS) is 11.7. The summed E-state index contributed by atoms with van der Waals surface area (Å²) in [6.07, 6.45) is 0. The Kier molecular flexibility index (Phi) is 6.16. The number of carboxylic acids is 1. The highest BCUT2D eigenvalue weighted by molar-refractivity contribution is 7.99. The van der Waals surface area contributed by atoms with Crippen LogP contribution in [0, 0.1) is 10.1 Å². The minimum Gasteiger partial charge on any atom is -0.480 e. The second kappa shape index (κ2) is 8.32. The zero-order valence-corrected chi connectivity index (χ0v) is 13.7. The maximum atomic E-state index is 11.5. The predicted molar refractivity (Wildman–Crippen MR) is 90.8 cm³/mol. The van der Waals surface area contributed by atoms with E-state index in [2.05, 4.69) is 5.32 Å². The van der Waals surface area contributed by atoms with Crippen LogP contribution in [0.25, 0.3) is 0 Å². The highest BCUT2D eigenvalue weighted by atomic mass is 32.2. The summed E-state index contributed by atoms with van der Waals surface area (Å²) in [6.45, 7) is 0. The van der Waals surface area contributed by atoms with Gasteiger partial charge in [0, 0.05) is 5.75 Å². The average Bonchev–Trinajstić information content (AvgIpc) is 2.56. The number of carboxylic acid groups (broad SMARTS) is 1. The molecule has 0 aliphatic carbocycles. The monoisotopic (exact) mass is 348 g/mol. The van der Waals surface area contributed by atoms with Crippen molar-refractivity contribution in [2.75, 3.05) is 12.8 Å². The summed E-state index contributed by atoms with van der Waals surface area (Å²) in [5, 5.41) is 23.2. The molecule has 8 heteroatoms. The van der Waals surface area contributed by atoms with E-state index in [1.54, 1.807) is 36.4 Å². The first kappa shape index (κ1) is 17.8. The van der Waals surface area contributed by atoms with E-state index in [0.717, 1.165) is 11.8 Å². The minimum atomic E-state index is -1.01. The number of nitro groups is 1. The molecule has 0 heterocycles. The largest absolute Gasteiger partial charge is 0.480 e. The maximum absolute atomic E-state index is 11.5. The van der Waals surface area contributed by atoms with Gasteiger partial charge in [-0.15, -0.1) is 11.8 Å². The Labute approximate surface area is 142 Å². The van der Waals surface area contributed by atoms with Crippen LogP contribution in [0.2, 0.25) is 0 Å². The molecule has 2 aromatic carbocycles. The fraction of sp³-hybridized carbons (Fsp3) is 0.188. The average molecular weight is 348 g/mol. The first-order valence-electron chi connectivity index (χ1n) is 7.06. The van der Waals surface area contributed by atoms with E-state index in [-0.39, 0.29) is 17.2 Å². The molecule has 126 valence electrons. The van der Waals surface area contributed by atoms with Gasteiger partial charge in [-0.2, -0.15) is 0 Å². The van der Waals surface area contributed by atoms with Crippen LogP contribution < -0.4 is 10.1 Å². The SMILES string of the molecule is CN[C@@H](CSc1cccc(Oc2ccccc2)c1[N+](=O)[O-])C(=O)O.